The highest BCUT2D eigenvalue weighted by atomic mass is 32.2. The van der Waals surface area contributed by atoms with Gasteiger partial charge in [-0.15, -0.1) is 0 Å². The number of halogens is 1. The van der Waals surface area contributed by atoms with Crippen LogP contribution in [0.5, 0.6) is 5.75 Å². The van der Waals surface area contributed by atoms with Gasteiger partial charge in [-0.05, 0) is 62.1 Å². The first-order chi connectivity index (χ1) is 10.7. The minimum Gasteiger partial charge on any atom is -0.494 e. The molecule has 0 atom stereocenters. The lowest BCUT2D eigenvalue weighted by molar-refractivity contribution is 0.386. The summed E-state index contributed by atoms with van der Waals surface area (Å²) in [6, 6.07) is 5.90. The molecule has 0 saturated carbocycles. The second-order valence-electron chi connectivity index (χ2n) is 5.54. The van der Waals surface area contributed by atoms with Crippen molar-refractivity contribution in [3.63, 3.8) is 0 Å². The molecule has 0 aromatic heterocycles. The zero-order valence-corrected chi connectivity index (χ0v) is 14.6. The average Bonchev–Trinajstić information content (AvgIpc) is 2.45. The first-order valence-electron chi connectivity index (χ1n) is 7.11. The number of methoxy groups -OCH3 is 1. The summed E-state index contributed by atoms with van der Waals surface area (Å²) in [5.41, 5.74) is 3.33. The first-order valence-corrected chi connectivity index (χ1v) is 8.59. The molecule has 124 valence electrons. The van der Waals surface area contributed by atoms with Crippen LogP contribution < -0.4 is 9.46 Å². The summed E-state index contributed by atoms with van der Waals surface area (Å²) in [4.78, 5) is 0.242. The van der Waals surface area contributed by atoms with E-state index in [4.69, 9.17) is 4.74 Å². The SMILES string of the molecule is COc1ccc(NS(=O)(=O)c2c(C)c(C)cc(C)c2C)cc1F. The molecule has 0 aliphatic carbocycles. The molecule has 0 aliphatic heterocycles. The molecule has 2 rings (SSSR count). The van der Waals surface area contributed by atoms with E-state index in [0.29, 0.717) is 11.1 Å². The van der Waals surface area contributed by atoms with Gasteiger partial charge >= 0.3 is 0 Å². The Morgan fingerprint density at radius 2 is 1.57 bits per heavy atom. The quantitative estimate of drug-likeness (QED) is 0.921. The molecular weight excluding hydrogens is 317 g/mol. The second-order valence-corrected chi connectivity index (χ2v) is 7.16. The van der Waals surface area contributed by atoms with E-state index in [0.717, 1.165) is 17.2 Å². The fraction of sp³-hybridized carbons (Fsp3) is 0.294. The Bertz CT molecular complexity index is 834. The standard InChI is InChI=1S/C17H20FNO3S/c1-10-8-11(2)13(4)17(12(10)3)23(20,21)19-14-6-7-16(22-5)15(18)9-14/h6-9,19H,1-5H3. The van der Waals surface area contributed by atoms with Crippen LogP contribution in [0.15, 0.2) is 29.2 Å². The molecule has 0 unspecified atom stereocenters. The molecule has 0 heterocycles. The number of sulfonamides is 1. The molecule has 0 saturated heterocycles. The number of rotatable bonds is 4. The second kappa shape index (κ2) is 6.20. The van der Waals surface area contributed by atoms with Gasteiger partial charge in [0.1, 0.15) is 0 Å². The molecule has 0 spiro atoms. The van der Waals surface area contributed by atoms with Crippen molar-refractivity contribution in [1.82, 2.24) is 0 Å². The molecule has 23 heavy (non-hydrogen) atoms. The Morgan fingerprint density at radius 1 is 1.00 bits per heavy atom. The highest BCUT2D eigenvalue weighted by Crippen LogP contribution is 2.29. The number of hydrogen-bond acceptors (Lipinski definition) is 3. The normalized spacial score (nSPS) is 11.4. The highest BCUT2D eigenvalue weighted by molar-refractivity contribution is 7.92. The van der Waals surface area contributed by atoms with Gasteiger partial charge in [-0.3, -0.25) is 4.72 Å². The van der Waals surface area contributed by atoms with Gasteiger partial charge in [-0.1, -0.05) is 6.07 Å². The topological polar surface area (TPSA) is 55.4 Å². The molecule has 0 aliphatic rings. The Labute approximate surface area is 136 Å². The fourth-order valence-corrected chi connectivity index (χ4v) is 4.19. The third kappa shape index (κ3) is 3.32. The molecule has 2 aromatic carbocycles. The number of ether oxygens (including phenoxy) is 1. The van der Waals surface area contributed by atoms with Gasteiger partial charge in [0.15, 0.2) is 11.6 Å². The molecular formula is C17H20FNO3S. The lowest BCUT2D eigenvalue weighted by Crippen LogP contribution is -2.17. The third-order valence-electron chi connectivity index (χ3n) is 3.97. The lowest BCUT2D eigenvalue weighted by Gasteiger charge is -2.17. The van der Waals surface area contributed by atoms with Crippen LogP contribution in [0.4, 0.5) is 10.1 Å². The first kappa shape index (κ1) is 17.3. The summed E-state index contributed by atoms with van der Waals surface area (Å²) >= 11 is 0. The Balaban J connectivity index is 2.50. The molecule has 0 radical (unpaired) electrons. The van der Waals surface area contributed by atoms with Crippen molar-refractivity contribution in [3.8, 4) is 5.75 Å². The Kier molecular flexibility index (Phi) is 4.66. The predicted molar refractivity (Wildman–Crippen MR) is 89.2 cm³/mol. The summed E-state index contributed by atoms with van der Waals surface area (Å²) in [6.07, 6.45) is 0. The molecule has 0 bridgehead atoms. The van der Waals surface area contributed by atoms with Crippen molar-refractivity contribution in [2.45, 2.75) is 32.6 Å². The molecule has 0 amide bonds. The predicted octanol–water partition coefficient (Wildman–Crippen LogP) is 3.87. The van der Waals surface area contributed by atoms with E-state index in [1.54, 1.807) is 13.8 Å². The number of anilines is 1. The van der Waals surface area contributed by atoms with E-state index in [1.165, 1.54) is 19.2 Å². The van der Waals surface area contributed by atoms with Crippen LogP contribution in [-0.4, -0.2) is 15.5 Å². The minimum atomic E-state index is -3.81. The van der Waals surface area contributed by atoms with Crippen molar-refractivity contribution >= 4 is 15.7 Å². The number of hydrogen-bond donors (Lipinski definition) is 1. The van der Waals surface area contributed by atoms with E-state index in [9.17, 15) is 12.8 Å². The number of nitrogens with one attached hydrogen (secondary N) is 1. The molecule has 0 fully saturated rings. The van der Waals surface area contributed by atoms with Crippen molar-refractivity contribution in [2.75, 3.05) is 11.8 Å². The van der Waals surface area contributed by atoms with Crippen molar-refractivity contribution in [3.05, 3.63) is 52.3 Å². The summed E-state index contributed by atoms with van der Waals surface area (Å²) in [5, 5.41) is 0. The van der Waals surface area contributed by atoms with Gasteiger partial charge in [0.25, 0.3) is 10.0 Å². The minimum absolute atomic E-state index is 0.0618. The van der Waals surface area contributed by atoms with Crippen LogP contribution in [-0.2, 0) is 10.0 Å². The van der Waals surface area contributed by atoms with Crippen LogP contribution in [0.3, 0.4) is 0 Å². The van der Waals surface area contributed by atoms with Gasteiger partial charge in [0, 0.05) is 6.07 Å². The van der Waals surface area contributed by atoms with Crippen LogP contribution in [0.25, 0.3) is 0 Å². The average molecular weight is 337 g/mol. The fourth-order valence-electron chi connectivity index (χ4n) is 2.52. The smallest absolute Gasteiger partial charge is 0.262 e. The lowest BCUT2D eigenvalue weighted by atomic mass is 10.0. The van der Waals surface area contributed by atoms with E-state index < -0.39 is 15.8 Å². The van der Waals surface area contributed by atoms with Crippen LogP contribution in [0, 0.1) is 33.5 Å². The zero-order valence-electron chi connectivity index (χ0n) is 13.8. The maximum atomic E-state index is 13.8. The summed E-state index contributed by atoms with van der Waals surface area (Å²) < 4.78 is 46.5. The Morgan fingerprint density at radius 3 is 2.04 bits per heavy atom. The maximum absolute atomic E-state index is 13.8. The Hall–Kier alpha value is -2.08. The van der Waals surface area contributed by atoms with Crippen molar-refractivity contribution < 1.29 is 17.5 Å². The largest absolute Gasteiger partial charge is 0.494 e. The van der Waals surface area contributed by atoms with Crippen molar-refractivity contribution in [2.24, 2.45) is 0 Å². The van der Waals surface area contributed by atoms with Gasteiger partial charge in [0.2, 0.25) is 0 Å². The molecule has 6 heteroatoms. The van der Waals surface area contributed by atoms with E-state index in [2.05, 4.69) is 4.72 Å². The molecule has 1 N–H and O–H groups in total. The third-order valence-corrected chi connectivity index (χ3v) is 5.62. The number of benzene rings is 2. The van der Waals surface area contributed by atoms with E-state index in [1.807, 2.05) is 19.9 Å². The van der Waals surface area contributed by atoms with Crippen LogP contribution >= 0.6 is 0 Å². The summed E-state index contributed by atoms with van der Waals surface area (Å²) in [6.45, 7) is 7.28. The molecule has 4 nitrogen and oxygen atoms in total. The van der Waals surface area contributed by atoms with Gasteiger partial charge < -0.3 is 4.74 Å². The van der Waals surface area contributed by atoms with E-state index in [-0.39, 0.29) is 16.3 Å². The van der Waals surface area contributed by atoms with Crippen LogP contribution in [0.2, 0.25) is 0 Å². The summed E-state index contributed by atoms with van der Waals surface area (Å²) in [5.74, 6) is -0.562. The monoisotopic (exact) mass is 337 g/mol. The maximum Gasteiger partial charge on any atom is 0.262 e. The van der Waals surface area contributed by atoms with Crippen molar-refractivity contribution in [1.29, 1.82) is 0 Å². The van der Waals surface area contributed by atoms with E-state index >= 15 is 0 Å². The summed E-state index contributed by atoms with van der Waals surface area (Å²) in [7, 11) is -2.46. The van der Waals surface area contributed by atoms with Gasteiger partial charge in [0.05, 0.1) is 17.7 Å². The van der Waals surface area contributed by atoms with Gasteiger partial charge in [-0.25, -0.2) is 12.8 Å². The zero-order chi connectivity index (χ0) is 17.4. The highest BCUT2D eigenvalue weighted by Gasteiger charge is 2.22. The number of aryl methyl sites for hydroxylation is 2. The van der Waals surface area contributed by atoms with Crippen LogP contribution in [0.1, 0.15) is 22.3 Å². The van der Waals surface area contributed by atoms with Gasteiger partial charge in [-0.2, -0.15) is 0 Å². The molecule has 2 aromatic rings.